The number of nitrogens with zero attached hydrogens (tertiary/aromatic N) is 2. The quantitative estimate of drug-likeness (QED) is 0.787. The number of piperidine rings is 1. The van der Waals surface area contributed by atoms with E-state index in [1.807, 2.05) is 4.90 Å². The van der Waals surface area contributed by atoms with Crippen molar-refractivity contribution >= 4 is 29.2 Å². The Morgan fingerprint density at radius 3 is 2.25 bits per heavy atom. The highest BCUT2D eigenvalue weighted by atomic mass is 35.5. The second-order valence-electron chi connectivity index (χ2n) is 6.65. The molecule has 5 nitrogen and oxygen atoms in total. The first-order chi connectivity index (χ1) is 11.5. The molecule has 0 saturated carbocycles. The Kier molecular flexibility index (Phi) is 4.90. The van der Waals surface area contributed by atoms with Gasteiger partial charge in [-0.15, -0.1) is 0 Å². The van der Waals surface area contributed by atoms with Gasteiger partial charge >= 0.3 is 0 Å². The molecule has 3 rings (SSSR count). The predicted molar refractivity (Wildman–Crippen MR) is 90.8 cm³/mol. The smallest absolute Gasteiger partial charge is 0.227 e. The molecule has 1 unspecified atom stereocenters. The molecule has 2 aliphatic heterocycles. The highest BCUT2D eigenvalue weighted by molar-refractivity contribution is 6.30. The third-order valence-corrected chi connectivity index (χ3v) is 5.25. The van der Waals surface area contributed by atoms with E-state index < -0.39 is 0 Å². The third-order valence-electron chi connectivity index (χ3n) is 5.00. The fraction of sp³-hybridized carbons (Fsp3) is 0.500. The zero-order valence-corrected chi connectivity index (χ0v) is 14.5. The number of amides is 2. The van der Waals surface area contributed by atoms with Crippen molar-refractivity contribution in [3.05, 3.63) is 34.9 Å². The molecule has 24 heavy (non-hydrogen) atoms. The van der Waals surface area contributed by atoms with Gasteiger partial charge in [0.15, 0.2) is 5.78 Å². The SMILES string of the molecule is CN1CC(C(=O)N2CCC(C(=O)c3ccc(Cl)cc3)CC2)CC1=O. The minimum atomic E-state index is -0.231. The summed E-state index contributed by atoms with van der Waals surface area (Å²) in [4.78, 5) is 40.1. The largest absolute Gasteiger partial charge is 0.345 e. The summed E-state index contributed by atoms with van der Waals surface area (Å²) in [5.41, 5.74) is 0.673. The molecule has 1 atom stereocenters. The maximum absolute atomic E-state index is 12.5. The van der Waals surface area contributed by atoms with Gasteiger partial charge in [-0.1, -0.05) is 11.6 Å². The van der Waals surface area contributed by atoms with Crippen molar-refractivity contribution < 1.29 is 14.4 Å². The van der Waals surface area contributed by atoms with Gasteiger partial charge in [0.05, 0.1) is 5.92 Å². The van der Waals surface area contributed by atoms with Crippen LogP contribution in [0.2, 0.25) is 5.02 Å². The lowest BCUT2D eigenvalue weighted by Gasteiger charge is -2.32. The number of carbonyl (C=O) groups excluding carboxylic acids is 3. The summed E-state index contributed by atoms with van der Waals surface area (Å²) >= 11 is 5.86. The lowest BCUT2D eigenvalue weighted by molar-refractivity contribution is -0.137. The molecule has 2 amide bonds. The maximum atomic E-state index is 12.5. The minimum absolute atomic E-state index is 0.0288. The van der Waals surface area contributed by atoms with E-state index in [-0.39, 0.29) is 29.4 Å². The summed E-state index contributed by atoms with van der Waals surface area (Å²) in [5, 5.41) is 0.614. The monoisotopic (exact) mass is 348 g/mol. The van der Waals surface area contributed by atoms with Crippen molar-refractivity contribution in [2.75, 3.05) is 26.7 Å². The highest BCUT2D eigenvalue weighted by Gasteiger charge is 2.36. The molecule has 2 saturated heterocycles. The molecule has 128 valence electrons. The third kappa shape index (κ3) is 3.46. The van der Waals surface area contributed by atoms with E-state index in [4.69, 9.17) is 11.6 Å². The number of Topliss-reactive ketones (excluding diaryl/α,β-unsaturated/α-hetero) is 1. The van der Waals surface area contributed by atoms with E-state index in [0.29, 0.717) is 49.5 Å². The van der Waals surface area contributed by atoms with Gasteiger partial charge in [0.25, 0.3) is 0 Å². The molecule has 0 spiro atoms. The topological polar surface area (TPSA) is 57.7 Å². The van der Waals surface area contributed by atoms with Gasteiger partial charge in [0.1, 0.15) is 0 Å². The molecular formula is C18H21ClN2O3. The van der Waals surface area contributed by atoms with Crippen molar-refractivity contribution in [3.8, 4) is 0 Å². The number of hydrogen-bond donors (Lipinski definition) is 0. The second kappa shape index (κ2) is 6.93. The number of hydrogen-bond acceptors (Lipinski definition) is 3. The van der Waals surface area contributed by atoms with E-state index in [1.54, 1.807) is 36.2 Å². The van der Waals surface area contributed by atoms with Crippen LogP contribution >= 0.6 is 11.6 Å². The average Bonchev–Trinajstić information content (AvgIpc) is 2.93. The molecule has 1 aromatic carbocycles. The van der Waals surface area contributed by atoms with E-state index >= 15 is 0 Å². The second-order valence-corrected chi connectivity index (χ2v) is 7.08. The van der Waals surface area contributed by atoms with Gasteiger partial charge in [-0.3, -0.25) is 14.4 Å². The molecule has 2 aliphatic rings. The van der Waals surface area contributed by atoms with Crippen LogP contribution in [0.25, 0.3) is 0 Å². The van der Waals surface area contributed by atoms with Gasteiger partial charge in [0.2, 0.25) is 11.8 Å². The number of likely N-dealkylation sites (tertiary alicyclic amines) is 2. The summed E-state index contributed by atoms with van der Waals surface area (Å²) in [6.07, 6.45) is 1.65. The lowest BCUT2D eigenvalue weighted by Crippen LogP contribution is -2.43. The normalized spacial score (nSPS) is 22.1. The fourth-order valence-corrected chi connectivity index (χ4v) is 3.63. The Morgan fingerprint density at radius 1 is 1.08 bits per heavy atom. The number of benzene rings is 1. The lowest BCUT2D eigenvalue weighted by atomic mass is 9.88. The molecule has 1 aromatic rings. The van der Waals surface area contributed by atoms with Crippen molar-refractivity contribution in [1.29, 1.82) is 0 Å². The zero-order valence-electron chi connectivity index (χ0n) is 13.7. The van der Waals surface area contributed by atoms with Crippen LogP contribution in [0, 0.1) is 11.8 Å². The molecule has 6 heteroatoms. The Labute approximate surface area is 146 Å². The van der Waals surface area contributed by atoms with E-state index in [1.165, 1.54) is 0 Å². The summed E-state index contributed by atoms with van der Waals surface area (Å²) in [7, 11) is 1.73. The number of ketones is 1. The molecule has 0 N–H and O–H groups in total. The van der Waals surface area contributed by atoms with Crippen LogP contribution in [0.4, 0.5) is 0 Å². The first kappa shape index (κ1) is 17.0. The van der Waals surface area contributed by atoms with Gasteiger partial charge < -0.3 is 9.80 Å². The van der Waals surface area contributed by atoms with Crippen molar-refractivity contribution in [3.63, 3.8) is 0 Å². The van der Waals surface area contributed by atoms with Gasteiger partial charge in [0, 0.05) is 49.6 Å². The van der Waals surface area contributed by atoms with Crippen molar-refractivity contribution in [2.45, 2.75) is 19.3 Å². The van der Waals surface area contributed by atoms with Crippen LogP contribution in [0.1, 0.15) is 29.6 Å². The Morgan fingerprint density at radius 2 is 1.71 bits per heavy atom. The summed E-state index contributed by atoms with van der Waals surface area (Å²) in [6, 6.07) is 6.95. The summed E-state index contributed by atoms with van der Waals surface area (Å²) in [5.74, 6) is -0.0880. The van der Waals surface area contributed by atoms with E-state index in [2.05, 4.69) is 0 Å². The zero-order chi connectivity index (χ0) is 17.3. The number of rotatable bonds is 3. The van der Waals surface area contributed by atoms with Gasteiger partial charge in [-0.05, 0) is 37.1 Å². The van der Waals surface area contributed by atoms with Crippen LogP contribution in [-0.2, 0) is 9.59 Å². The van der Waals surface area contributed by atoms with Crippen LogP contribution < -0.4 is 0 Å². The molecule has 0 aliphatic carbocycles. The van der Waals surface area contributed by atoms with Gasteiger partial charge in [-0.25, -0.2) is 0 Å². The van der Waals surface area contributed by atoms with E-state index in [0.717, 1.165) is 0 Å². The summed E-state index contributed by atoms with van der Waals surface area (Å²) < 4.78 is 0. The van der Waals surface area contributed by atoms with Gasteiger partial charge in [-0.2, -0.15) is 0 Å². The van der Waals surface area contributed by atoms with E-state index in [9.17, 15) is 14.4 Å². The molecule has 0 aromatic heterocycles. The molecular weight excluding hydrogens is 328 g/mol. The molecule has 2 heterocycles. The first-order valence-electron chi connectivity index (χ1n) is 8.28. The Balaban J connectivity index is 1.56. The highest BCUT2D eigenvalue weighted by Crippen LogP contribution is 2.25. The maximum Gasteiger partial charge on any atom is 0.227 e. The predicted octanol–water partition coefficient (Wildman–Crippen LogP) is 2.24. The Bertz CT molecular complexity index is 651. The standard InChI is InChI=1S/C18H21ClN2O3/c1-20-11-14(10-16(20)22)18(24)21-8-6-13(7-9-21)17(23)12-2-4-15(19)5-3-12/h2-5,13-14H,6-11H2,1H3. The van der Waals surface area contributed by atoms with Crippen LogP contribution in [0.15, 0.2) is 24.3 Å². The van der Waals surface area contributed by atoms with Crippen LogP contribution in [0.3, 0.4) is 0 Å². The minimum Gasteiger partial charge on any atom is -0.345 e. The van der Waals surface area contributed by atoms with Crippen LogP contribution in [-0.4, -0.2) is 54.1 Å². The Hall–Kier alpha value is -1.88. The fourth-order valence-electron chi connectivity index (χ4n) is 3.50. The first-order valence-corrected chi connectivity index (χ1v) is 8.66. The molecule has 2 fully saturated rings. The van der Waals surface area contributed by atoms with Crippen molar-refractivity contribution in [1.82, 2.24) is 9.80 Å². The summed E-state index contributed by atoms with van der Waals surface area (Å²) in [6.45, 7) is 1.66. The molecule has 0 radical (unpaired) electrons. The molecule has 0 bridgehead atoms. The van der Waals surface area contributed by atoms with Crippen molar-refractivity contribution in [2.24, 2.45) is 11.8 Å². The average molecular weight is 349 g/mol. The van der Waals surface area contributed by atoms with Crippen LogP contribution in [0.5, 0.6) is 0 Å². The number of carbonyl (C=O) groups is 3. The number of halogens is 1.